The molecular formula is C19H24N6. The number of aromatic nitrogens is 3. The summed E-state index contributed by atoms with van der Waals surface area (Å²) < 4.78 is 0. The first-order valence-electron chi connectivity index (χ1n) is 8.98. The Kier molecular flexibility index (Phi) is 5.44. The Balaban J connectivity index is 1.77. The molecular weight excluding hydrogens is 312 g/mol. The largest absolute Gasteiger partial charge is 0.369 e. The second-order valence-electron chi connectivity index (χ2n) is 6.17. The van der Waals surface area contributed by atoms with E-state index < -0.39 is 0 Å². The Morgan fingerprint density at radius 3 is 2.44 bits per heavy atom. The molecule has 6 heteroatoms. The third kappa shape index (κ3) is 3.71. The Morgan fingerprint density at radius 2 is 1.68 bits per heavy atom. The second-order valence-corrected chi connectivity index (χ2v) is 6.17. The van der Waals surface area contributed by atoms with Crippen LogP contribution in [0.3, 0.4) is 0 Å². The molecule has 0 amide bonds. The molecule has 2 heterocycles. The first kappa shape index (κ1) is 17.2. The number of hydrogen-bond acceptors (Lipinski definition) is 6. The van der Waals surface area contributed by atoms with Crippen molar-refractivity contribution in [3.63, 3.8) is 0 Å². The highest BCUT2D eigenvalue weighted by Gasteiger charge is 2.20. The molecule has 0 unspecified atom stereocenters. The predicted molar refractivity (Wildman–Crippen MR) is 98.8 cm³/mol. The van der Waals surface area contributed by atoms with Crippen molar-refractivity contribution in [1.29, 1.82) is 5.26 Å². The number of anilines is 2. The summed E-state index contributed by atoms with van der Waals surface area (Å²) in [6, 6.07) is 10.1. The zero-order chi connectivity index (χ0) is 17.6. The van der Waals surface area contributed by atoms with E-state index in [0.29, 0.717) is 0 Å². The first-order valence-corrected chi connectivity index (χ1v) is 8.98. The molecule has 130 valence electrons. The lowest BCUT2D eigenvalue weighted by molar-refractivity contribution is 0.735. The van der Waals surface area contributed by atoms with Gasteiger partial charge in [-0.25, -0.2) is 4.98 Å². The molecule has 1 aliphatic rings. The van der Waals surface area contributed by atoms with Crippen molar-refractivity contribution in [2.75, 3.05) is 36.0 Å². The van der Waals surface area contributed by atoms with Crippen LogP contribution in [0, 0.1) is 11.3 Å². The maximum atomic E-state index is 9.34. The van der Waals surface area contributed by atoms with E-state index in [-0.39, 0.29) is 0 Å². The molecule has 1 fully saturated rings. The maximum Gasteiger partial charge on any atom is 0.245 e. The number of nitrogens with zero attached hydrogens (tertiary/aromatic N) is 6. The van der Waals surface area contributed by atoms with E-state index in [9.17, 15) is 5.26 Å². The molecule has 1 aromatic heterocycles. The maximum absolute atomic E-state index is 9.34. The quantitative estimate of drug-likeness (QED) is 0.855. The molecule has 0 saturated carbocycles. The van der Waals surface area contributed by atoms with E-state index in [0.717, 1.165) is 74.0 Å². The van der Waals surface area contributed by atoms with Crippen LogP contribution < -0.4 is 9.80 Å². The summed E-state index contributed by atoms with van der Waals surface area (Å²) in [6.07, 6.45) is 2.74. The average Bonchev–Trinajstić information content (AvgIpc) is 2.93. The molecule has 1 aliphatic heterocycles. The van der Waals surface area contributed by atoms with E-state index in [2.05, 4.69) is 39.9 Å². The fraction of sp³-hybridized carbons (Fsp3) is 0.474. The minimum absolute atomic E-state index is 0.726. The number of nitriles is 1. The van der Waals surface area contributed by atoms with Crippen molar-refractivity contribution in [3.8, 4) is 6.07 Å². The van der Waals surface area contributed by atoms with Crippen LogP contribution in [0.1, 0.15) is 37.2 Å². The van der Waals surface area contributed by atoms with E-state index in [1.165, 1.54) is 0 Å². The van der Waals surface area contributed by atoms with Crippen LogP contribution in [0.5, 0.6) is 0 Å². The topological polar surface area (TPSA) is 68.9 Å². The summed E-state index contributed by atoms with van der Waals surface area (Å²) in [5.41, 5.74) is 3.78. The Morgan fingerprint density at radius 1 is 0.960 bits per heavy atom. The van der Waals surface area contributed by atoms with E-state index in [1.807, 2.05) is 24.3 Å². The van der Waals surface area contributed by atoms with Crippen LogP contribution in [0.25, 0.3) is 0 Å². The zero-order valence-corrected chi connectivity index (χ0v) is 14.9. The van der Waals surface area contributed by atoms with Gasteiger partial charge in [0.25, 0.3) is 0 Å². The minimum Gasteiger partial charge on any atom is -0.369 e. The van der Waals surface area contributed by atoms with Crippen molar-refractivity contribution >= 4 is 11.6 Å². The second kappa shape index (κ2) is 7.93. The predicted octanol–water partition coefficient (Wildman–Crippen LogP) is 2.58. The normalized spacial score (nSPS) is 14.9. The molecule has 0 atom stereocenters. The van der Waals surface area contributed by atoms with Crippen LogP contribution in [0.15, 0.2) is 24.3 Å². The van der Waals surface area contributed by atoms with E-state index >= 15 is 0 Å². The highest BCUT2D eigenvalue weighted by atomic mass is 15.3. The summed E-state index contributed by atoms with van der Waals surface area (Å²) >= 11 is 0. The van der Waals surface area contributed by atoms with Gasteiger partial charge in [0, 0.05) is 26.2 Å². The fourth-order valence-corrected chi connectivity index (χ4v) is 3.26. The lowest BCUT2D eigenvalue weighted by Gasteiger charge is -2.24. The van der Waals surface area contributed by atoms with Gasteiger partial charge < -0.3 is 9.80 Å². The molecule has 0 N–H and O–H groups in total. The van der Waals surface area contributed by atoms with Crippen molar-refractivity contribution in [3.05, 3.63) is 41.2 Å². The molecule has 25 heavy (non-hydrogen) atoms. The van der Waals surface area contributed by atoms with Gasteiger partial charge >= 0.3 is 0 Å². The third-order valence-corrected chi connectivity index (χ3v) is 4.64. The SMILES string of the molecule is CCc1nnc(N2CCCN(c3ccccc3C#N)CC2)nc1CC. The average molecular weight is 336 g/mol. The van der Waals surface area contributed by atoms with Gasteiger partial charge in [-0.1, -0.05) is 26.0 Å². The van der Waals surface area contributed by atoms with Gasteiger partial charge in [-0.2, -0.15) is 10.4 Å². The first-order chi connectivity index (χ1) is 12.3. The lowest BCUT2D eigenvalue weighted by Crippen LogP contribution is -2.32. The van der Waals surface area contributed by atoms with Crippen molar-refractivity contribution in [2.24, 2.45) is 0 Å². The summed E-state index contributed by atoms with van der Waals surface area (Å²) in [5, 5.41) is 18.1. The van der Waals surface area contributed by atoms with Crippen LogP contribution in [0.2, 0.25) is 0 Å². The minimum atomic E-state index is 0.726. The highest BCUT2D eigenvalue weighted by Crippen LogP contribution is 2.22. The van der Waals surface area contributed by atoms with Crippen molar-refractivity contribution < 1.29 is 0 Å². The van der Waals surface area contributed by atoms with Gasteiger partial charge in [-0.3, -0.25) is 0 Å². The molecule has 0 bridgehead atoms. The van der Waals surface area contributed by atoms with E-state index in [1.54, 1.807) is 0 Å². The van der Waals surface area contributed by atoms with Crippen LogP contribution >= 0.6 is 0 Å². The Bertz CT molecular complexity index is 767. The zero-order valence-electron chi connectivity index (χ0n) is 14.9. The van der Waals surface area contributed by atoms with E-state index in [4.69, 9.17) is 4.98 Å². The van der Waals surface area contributed by atoms with Gasteiger partial charge in [0.2, 0.25) is 5.95 Å². The number of para-hydroxylation sites is 1. The van der Waals surface area contributed by atoms with Crippen LogP contribution in [-0.2, 0) is 12.8 Å². The Hall–Kier alpha value is -2.68. The summed E-state index contributed by atoms with van der Waals surface area (Å²) in [6.45, 7) is 7.70. The number of rotatable bonds is 4. The molecule has 6 nitrogen and oxygen atoms in total. The van der Waals surface area contributed by atoms with Gasteiger partial charge in [0.15, 0.2) is 0 Å². The summed E-state index contributed by atoms with van der Waals surface area (Å²) in [4.78, 5) is 9.23. The smallest absolute Gasteiger partial charge is 0.245 e. The van der Waals surface area contributed by atoms with Gasteiger partial charge in [0.05, 0.1) is 22.6 Å². The molecule has 1 saturated heterocycles. The molecule has 3 rings (SSSR count). The van der Waals surface area contributed by atoms with Gasteiger partial charge in [-0.05, 0) is 31.4 Å². The molecule has 0 spiro atoms. The number of aryl methyl sites for hydroxylation is 2. The monoisotopic (exact) mass is 336 g/mol. The molecule has 0 radical (unpaired) electrons. The molecule has 1 aromatic carbocycles. The third-order valence-electron chi connectivity index (χ3n) is 4.64. The van der Waals surface area contributed by atoms with Gasteiger partial charge in [-0.15, -0.1) is 5.10 Å². The van der Waals surface area contributed by atoms with Crippen LogP contribution in [0.4, 0.5) is 11.6 Å². The number of hydrogen-bond donors (Lipinski definition) is 0. The lowest BCUT2D eigenvalue weighted by atomic mass is 10.1. The van der Waals surface area contributed by atoms with Gasteiger partial charge in [0.1, 0.15) is 6.07 Å². The van der Waals surface area contributed by atoms with Crippen molar-refractivity contribution in [1.82, 2.24) is 15.2 Å². The van der Waals surface area contributed by atoms with Crippen molar-refractivity contribution in [2.45, 2.75) is 33.1 Å². The fourth-order valence-electron chi connectivity index (χ4n) is 3.26. The standard InChI is InChI=1S/C19H24N6/c1-3-16-17(4-2)22-23-19(21-16)25-11-7-10-24(12-13-25)18-9-6-5-8-15(18)14-20/h5-6,8-9H,3-4,7,10-13H2,1-2H3. The Labute approximate surface area is 149 Å². The highest BCUT2D eigenvalue weighted by molar-refractivity contribution is 5.59. The molecule has 2 aromatic rings. The summed E-state index contributed by atoms with van der Waals surface area (Å²) in [7, 11) is 0. The molecule has 0 aliphatic carbocycles. The number of benzene rings is 1. The summed E-state index contributed by atoms with van der Waals surface area (Å²) in [5.74, 6) is 0.726. The van der Waals surface area contributed by atoms with Crippen LogP contribution in [-0.4, -0.2) is 41.4 Å².